The number of rotatable bonds is 12. The van der Waals surface area contributed by atoms with Crippen LogP contribution in [-0.4, -0.2) is 26.8 Å². The molecule has 4 nitrogen and oxygen atoms in total. The van der Waals surface area contributed by atoms with Crippen LogP contribution in [0.5, 0.6) is 0 Å². The van der Waals surface area contributed by atoms with Gasteiger partial charge in [-0.1, -0.05) is 57.2 Å². The van der Waals surface area contributed by atoms with E-state index in [1.54, 1.807) is 17.1 Å². The number of nitrogens with zero attached hydrogens (tertiary/aromatic N) is 2. The van der Waals surface area contributed by atoms with Crippen molar-refractivity contribution in [2.45, 2.75) is 70.8 Å². The molecule has 0 fully saturated rings. The number of para-hydroxylation sites is 1. The molecule has 0 saturated heterocycles. The molecule has 0 aliphatic heterocycles. The molecule has 0 saturated carbocycles. The highest BCUT2D eigenvalue weighted by molar-refractivity contribution is 5.95. The van der Waals surface area contributed by atoms with E-state index < -0.39 is 0 Å². The first-order valence-corrected chi connectivity index (χ1v) is 9.52. The van der Waals surface area contributed by atoms with Gasteiger partial charge in [0.15, 0.2) is 5.78 Å². The van der Waals surface area contributed by atoms with Gasteiger partial charge in [0.1, 0.15) is 0 Å². The summed E-state index contributed by atoms with van der Waals surface area (Å²) in [5.41, 5.74) is 1.58. The van der Waals surface area contributed by atoms with E-state index in [4.69, 9.17) is 0 Å². The topological polar surface area (TPSA) is 55.1 Å². The fourth-order valence-electron chi connectivity index (χ4n) is 2.96. The van der Waals surface area contributed by atoms with Crippen molar-refractivity contribution >= 4 is 5.78 Å². The molecule has 0 aliphatic carbocycles. The number of benzene rings is 1. The van der Waals surface area contributed by atoms with Crippen molar-refractivity contribution < 1.29 is 9.90 Å². The number of carbonyl (C=O) groups is 1. The molecule has 136 valence electrons. The molecular weight excluding hydrogens is 312 g/mol. The Balaban J connectivity index is 1.68. The number of unbranched alkanes of at least 4 members (excludes halogenated alkanes) is 4. The lowest BCUT2D eigenvalue weighted by atomic mass is 10.0. The molecular formula is C21H30N2O2. The van der Waals surface area contributed by atoms with Gasteiger partial charge in [-0.2, -0.15) is 5.10 Å². The number of carbonyl (C=O) groups excluding carboxylic acids is 1. The summed E-state index contributed by atoms with van der Waals surface area (Å²) < 4.78 is 1.72. The van der Waals surface area contributed by atoms with Crippen molar-refractivity contribution in [3.63, 3.8) is 0 Å². The van der Waals surface area contributed by atoms with Crippen LogP contribution in [0.1, 0.15) is 75.1 Å². The van der Waals surface area contributed by atoms with Crippen LogP contribution >= 0.6 is 0 Å². The van der Waals surface area contributed by atoms with Crippen molar-refractivity contribution in [1.82, 2.24) is 9.78 Å². The molecule has 2 rings (SSSR count). The second-order valence-corrected chi connectivity index (χ2v) is 6.68. The number of ketones is 1. The van der Waals surface area contributed by atoms with Crippen LogP contribution in [0.25, 0.3) is 5.69 Å². The number of aliphatic hydroxyl groups is 1. The summed E-state index contributed by atoms with van der Waals surface area (Å²) in [4.78, 5) is 12.3. The Bertz CT molecular complexity index is 622. The first-order chi connectivity index (χ1) is 12.2. The molecule has 1 aromatic carbocycles. The van der Waals surface area contributed by atoms with E-state index in [0.29, 0.717) is 18.4 Å². The van der Waals surface area contributed by atoms with E-state index in [1.165, 1.54) is 25.7 Å². The third kappa shape index (κ3) is 6.83. The number of hydrogen-bond donors (Lipinski definition) is 1. The Morgan fingerprint density at radius 2 is 1.80 bits per heavy atom. The van der Waals surface area contributed by atoms with Gasteiger partial charge in [-0.25, -0.2) is 4.68 Å². The highest BCUT2D eigenvalue weighted by atomic mass is 16.3. The van der Waals surface area contributed by atoms with Crippen molar-refractivity contribution in [2.75, 3.05) is 0 Å². The van der Waals surface area contributed by atoms with Crippen LogP contribution in [0.3, 0.4) is 0 Å². The first kappa shape index (κ1) is 19.4. The molecule has 1 atom stereocenters. The first-order valence-electron chi connectivity index (χ1n) is 9.52. The van der Waals surface area contributed by atoms with Gasteiger partial charge in [0, 0.05) is 12.6 Å². The highest BCUT2D eigenvalue weighted by Gasteiger charge is 2.11. The van der Waals surface area contributed by atoms with Gasteiger partial charge < -0.3 is 5.11 Å². The number of Topliss-reactive ketones (excluding diaryl/α,β-unsaturated/α-hetero) is 1. The Labute approximate surface area is 150 Å². The molecule has 0 aliphatic rings. The molecule has 1 aromatic heterocycles. The smallest absolute Gasteiger partial charge is 0.166 e. The zero-order valence-corrected chi connectivity index (χ0v) is 15.2. The average Bonchev–Trinajstić information content (AvgIpc) is 3.12. The largest absolute Gasteiger partial charge is 0.393 e. The van der Waals surface area contributed by atoms with E-state index in [2.05, 4.69) is 12.0 Å². The fourth-order valence-corrected chi connectivity index (χ4v) is 2.96. The van der Waals surface area contributed by atoms with Crippen molar-refractivity contribution in [1.29, 1.82) is 0 Å². The summed E-state index contributed by atoms with van der Waals surface area (Å²) in [5, 5.41) is 14.3. The van der Waals surface area contributed by atoms with E-state index >= 15 is 0 Å². The monoisotopic (exact) mass is 342 g/mol. The summed E-state index contributed by atoms with van der Waals surface area (Å²) >= 11 is 0. The van der Waals surface area contributed by atoms with Gasteiger partial charge in [-0.3, -0.25) is 4.79 Å². The molecule has 0 bridgehead atoms. The Morgan fingerprint density at radius 3 is 2.56 bits per heavy atom. The number of aromatic nitrogens is 2. The normalized spacial score (nSPS) is 12.2. The lowest BCUT2D eigenvalue weighted by Gasteiger charge is -2.09. The van der Waals surface area contributed by atoms with Crippen molar-refractivity contribution in [3.05, 3.63) is 48.3 Å². The van der Waals surface area contributed by atoms with Gasteiger partial charge in [0.25, 0.3) is 0 Å². The summed E-state index contributed by atoms with van der Waals surface area (Å²) in [5.74, 6) is 0.0947. The maximum atomic E-state index is 12.3. The van der Waals surface area contributed by atoms with Crippen LogP contribution in [0.2, 0.25) is 0 Å². The van der Waals surface area contributed by atoms with Gasteiger partial charge in [-0.15, -0.1) is 0 Å². The lowest BCUT2D eigenvalue weighted by molar-refractivity contribution is 0.0966. The van der Waals surface area contributed by atoms with Gasteiger partial charge in [0.2, 0.25) is 0 Å². The summed E-state index contributed by atoms with van der Waals surface area (Å²) in [6, 6.07) is 9.76. The summed E-state index contributed by atoms with van der Waals surface area (Å²) in [7, 11) is 0. The summed E-state index contributed by atoms with van der Waals surface area (Å²) in [6.07, 6.45) is 11.9. The summed E-state index contributed by atoms with van der Waals surface area (Å²) in [6.45, 7) is 2.20. The molecule has 4 heteroatoms. The maximum absolute atomic E-state index is 12.3. The minimum Gasteiger partial charge on any atom is -0.393 e. The van der Waals surface area contributed by atoms with Crippen LogP contribution < -0.4 is 0 Å². The Morgan fingerprint density at radius 1 is 1.08 bits per heavy atom. The molecule has 0 spiro atoms. The van der Waals surface area contributed by atoms with Crippen molar-refractivity contribution in [3.8, 4) is 5.69 Å². The average molecular weight is 342 g/mol. The molecule has 2 aromatic rings. The van der Waals surface area contributed by atoms with E-state index in [-0.39, 0.29) is 11.9 Å². The standard InChI is InChI=1S/C21H30N2O2/c1-2-3-4-5-9-13-20(24)14-10-15-21(25)18-16-22-23(17-18)19-11-7-6-8-12-19/h6-8,11-12,16-17,20,24H,2-5,9-10,13-15H2,1H3. The van der Waals surface area contributed by atoms with Crippen LogP contribution in [0, 0.1) is 0 Å². The van der Waals surface area contributed by atoms with Gasteiger partial charge in [-0.05, 0) is 31.4 Å². The van der Waals surface area contributed by atoms with Crippen LogP contribution in [0.15, 0.2) is 42.7 Å². The lowest BCUT2D eigenvalue weighted by Crippen LogP contribution is -2.07. The fraction of sp³-hybridized carbons (Fsp3) is 0.524. The third-order valence-electron chi connectivity index (χ3n) is 4.51. The molecule has 1 unspecified atom stereocenters. The number of hydrogen-bond acceptors (Lipinski definition) is 3. The van der Waals surface area contributed by atoms with Crippen LogP contribution in [0.4, 0.5) is 0 Å². The molecule has 0 radical (unpaired) electrons. The van der Waals surface area contributed by atoms with Crippen molar-refractivity contribution in [2.24, 2.45) is 0 Å². The minimum atomic E-state index is -0.276. The second-order valence-electron chi connectivity index (χ2n) is 6.68. The number of aliphatic hydroxyl groups excluding tert-OH is 1. The highest BCUT2D eigenvalue weighted by Crippen LogP contribution is 2.14. The zero-order chi connectivity index (χ0) is 17.9. The zero-order valence-electron chi connectivity index (χ0n) is 15.2. The quantitative estimate of drug-likeness (QED) is 0.439. The predicted molar refractivity (Wildman–Crippen MR) is 101 cm³/mol. The third-order valence-corrected chi connectivity index (χ3v) is 4.51. The SMILES string of the molecule is CCCCCCCC(O)CCCC(=O)c1cnn(-c2ccccc2)c1. The van der Waals surface area contributed by atoms with Crippen LogP contribution in [-0.2, 0) is 0 Å². The maximum Gasteiger partial charge on any atom is 0.166 e. The van der Waals surface area contributed by atoms with E-state index in [1.807, 2.05) is 30.3 Å². The molecule has 0 amide bonds. The second kappa shape index (κ2) is 10.8. The van der Waals surface area contributed by atoms with Gasteiger partial charge >= 0.3 is 0 Å². The minimum absolute atomic E-state index is 0.0947. The Hall–Kier alpha value is -1.94. The molecule has 1 N–H and O–H groups in total. The molecule has 25 heavy (non-hydrogen) atoms. The molecule has 1 heterocycles. The predicted octanol–water partition coefficient (Wildman–Crippen LogP) is 4.95. The van der Waals surface area contributed by atoms with E-state index in [9.17, 15) is 9.90 Å². The van der Waals surface area contributed by atoms with Gasteiger partial charge in [0.05, 0.1) is 23.6 Å². The Kier molecular flexibility index (Phi) is 8.40. The van der Waals surface area contributed by atoms with E-state index in [0.717, 1.165) is 24.9 Å².